The van der Waals surface area contributed by atoms with Crippen molar-refractivity contribution in [3.05, 3.63) is 30.1 Å². The summed E-state index contributed by atoms with van der Waals surface area (Å²) in [7, 11) is 0. The van der Waals surface area contributed by atoms with Crippen molar-refractivity contribution in [1.82, 2.24) is 14.8 Å². The lowest BCUT2D eigenvalue weighted by Crippen LogP contribution is -2.62. The smallest absolute Gasteiger partial charge is 0.225 e. The van der Waals surface area contributed by atoms with Gasteiger partial charge in [0.1, 0.15) is 0 Å². The minimum Gasteiger partial charge on any atom is -0.339 e. The highest BCUT2D eigenvalue weighted by atomic mass is 16.2. The molecule has 0 aromatic carbocycles. The molecule has 0 bridgehead atoms. The van der Waals surface area contributed by atoms with Gasteiger partial charge in [-0.3, -0.25) is 14.7 Å². The van der Waals surface area contributed by atoms with E-state index in [4.69, 9.17) is 0 Å². The Hall–Kier alpha value is -1.42. The van der Waals surface area contributed by atoms with E-state index in [2.05, 4.69) is 34.7 Å². The second-order valence-electron chi connectivity index (χ2n) is 7.92. The number of nitrogens with zero attached hydrogens (tertiary/aromatic N) is 3. The number of carbonyl (C=O) groups excluding carboxylic acids is 1. The Morgan fingerprint density at radius 2 is 2.04 bits per heavy atom. The summed E-state index contributed by atoms with van der Waals surface area (Å²) < 4.78 is 0. The third kappa shape index (κ3) is 4.35. The minimum absolute atomic E-state index is 0.302. The normalized spacial score (nSPS) is 19.8. The van der Waals surface area contributed by atoms with Crippen LogP contribution in [0.5, 0.6) is 0 Å². The van der Waals surface area contributed by atoms with E-state index in [0.29, 0.717) is 23.8 Å². The molecule has 1 amide bonds. The molecule has 2 aliphatic rings. The first-order valence-electron chi connectivity index (χ1n) is 9.55. The van der Waals surface area contributed by atoms with E-state index in [9.17, 15) is 4.79 Å². The van der Waals surface area contributed by atoms with Gasteiger partial charge in [0.15, 0.2) is 0 Å². The molecule has 1 aromatic heterocycles. The molecule has 0 unspecified atom stereocenters. The Morgan fingerprint density at radius 1 is 1.29 bits per heavy atom. The van der Waals surface area contributed by atoms with Crippen molar-refractivity contribution in [3.63, 3.8) is 0 Å². The number of carbonyl (C=O) groups is 1. The number of pyridine rings is 1. The van der Waals surface area contributed by atoms with Crippen LogP contribution in [0.25, 0.3) is 0 Å². The zero-order valence-corrected chi connectivity index (χ0v) is 15.2. The van der Waals surface area contributed by atoms with E-state index < -0.39 is 0 Å². The Bertz CT molecular complexity index is 519. The van der Waals surface area contributed by atoms with Crippen molar-refractivity contribution in [2.24, 2.45) is 11.8 Å². The van der Waals surface area contributed by atoms with Gasteiger partial charge in [0.2, 0.25) is 5.91 Å². The third-order valence-corrected chi connectivity index (χ3v) is 5.35. The van der Waals surface area contributed by atoms with Gasteiger partial charge in [-0.2, -0.15) is 0 Å². The van der Waals surface area contributed by atoms with E-state index in [-0.39, 0.29) is 0 Å². The maximum absolute atomic E-state index is 12.6. The van der Waals surface area contributed by atoms with Crippen molar-refractivity contribution in [2.75, 3.05) is 19.6 Å². The highest BCUT2D eigenvalue weighted by Gasteiger charge is 2.37. The Balaban J connectivity index is 1.54. The lowest BCUT2D eigenvalue weighted by atomic mass is 9.87. The Morgan fingerprint density at radius 3 is 2.67 bits per heavy atom. The summed E-state index contributed by atoms with van der Waals surface area (Å²) >= 11 is 0. The zero-order valence-electron chi connectivity index (χ0n) is 15.2. The molecule has 24 heavy (non-hydrogen) atoms. The second-order valence-corrected chi connectivity index (χ2v) is 7.92. The summed E-state index contributed by atoms with van der Waals surface area (Å²) in [6.07, 6.45) is 9.75. The van der Waals surface area contributed by atoms with Crippen molar-refractivity contribution in [2.45, 2.75) is 58.5 Å². The van der Waals surface area contributed by atoms with Gasteiger partial charge in [-0.15, -0.1) is 0 Å². The number of aromatic nitrogens is 1. The highest BCUT2D eigenvalue weighted by molar-refractivity contribution is 5.79. The number of hydrogen-bond acceptors (Lipinski definition) is 3. The maximum Gasteiger partial charge on any atom is 0.225 e. The van der Waals surface area contributed by atoms with Gasteiger partial charge in [0.05, 0.1) is 0 Å². The van der Waals surface area contributed by atoms with Gasteiger partial charge in [-0.05, 0) is 30.4 Å². The summed E-state index contributed by atoms with van der Waals surface area (Å²) in [5.74, 6) is 1.35. The van der Waals surface area contributed by atoms with E-state index in [1.165, 1.54) is 24.8 Å². The third-order valence-electron chi connectivity index (χ3n) is 5.35. The van der Waals surface area contributed by atoms with Gasteiger partial charge in [0.25, 0.3) is 0 Å². The average Bonchev–Trinajstić information content (AvgIpc) is 2.54. The number of amides is 1. The molecule has 2 heterocycles. The fourth-order valence-corrected chi connectivity index (χ4v) is 4.01. The van der Waals surface area contributed by atoms with Gasteiger partial charge in [-0.25, -0.2) is 0 Å². The first-order valence-corrected chi connectivity index (χ1v) is 9.55. The molecule has 2 fully saturated rings. The van der Waals surface area contributed by atoms with Crippen LogP contribution in [0.15, 0.2) is 24.5 Å². The number of hydrogen-bond donors (Lipinski definition) is 0. The minimum atomic E-state index is 0.302. The van der Waals surface area contributed by atoms with Gasteiger partial charge >= 0.3 is 0 Å². The van der Waals surface area contributed by atoms with E-state index in [0.717, 1.165) is 39.0 Å². The standard InChI is InChI=1S/C20H31N3O/c1-16(2)12-22(13-17-7-6-10-21-11-17)19-14-23(15-19)20(24)18-8-4-3-5-9-18/h6-7,10-11,16,18-19H,3-5,8-9,12-15H2,1-2H3. The molecule has 1 aromatic rings. The molecule has 0 radical (unpaired) electrons. The molecule has 4 nitrogen and oxygen atoms in total. The molecular weight excluding hydrogens is 298 g/mol. The first kappa shape index (κ1) is 17.4. The van der Waals surface area contributed by atoms with Crippen LogP contribution in [0.1, 0.15) is 51.5 Å². The molecule has 1 saturated heterocycles. The molecule has 1 aliphatic carbocycles. The second kappa shape index (κ2) is 8.11. The molecular formula is C20H31N3O. The average molecular weight is 329 g/mol. The quantitative estimate of drug-likeness (QED) is 0.803. The number of likely N-dealkylation sites (tertiary alicyclic amines) is 1. The lowest BCUT2D eigenvalue weighted by molar-refractivity contribution is -0.144. The van der Waals surface area contributed by atoms with Crippen LogP contribution >= 0.6 is 0 Å². The molecule has 0 spiro atoms. The molecule has 4 heteroatoms. The summed E-state index contributed by atoms with van der Waals surface area (Å²) in [5, 5.41) is 0. The van der Waals surface area contributed by atoms with Crippen LogP contribution in [0, 0.1) is 11.8 Å². The predicted octanol–water partition coefficient (Wildman–Crippen LogP) is 3.33. The van der Waals surface area contributed by atoms with Crippen molar-refractivity contribution in [1.29, 1.82) is 0 Å². The SMILES string of the molecule is CC(C)CN(Cc1cccnc1)C1CN(C(=O)C2CCCCC2)C1. The van der Waals surface area contributed by atoms with Crippen LogP contribution in [-0.2, 0) is 11.3 Å². The Labute approximate surface area is 146 Å². The molecule has 1 aliphatic heterocycles. The topological polar surface area (TPSA) is 36.4 Å². The van der Waals surface area contributed by atoms with Crippen molar-refractivity contribution < 1.29 is 4.79 Å². The van der Waals surface area contributed by atoms with Crippen LogP contribution in [0.3, 0.4) is 0 Å². The largest absolute Gasteiger partial charge is 0.339 e. The molecule has 1 saturated carbocycles. The van der Waals surface area contributed by atoms with Gasteiger partial charge in [0, 0.05) is 50.5 Å². The summed E-state index contributed by atoms with van der Waals surface area (Å²) in [4.78, 5) is 21.5. The summed E-state index contributed by atoms with van der Waals surface area (Å²) in [6.45, 7) is 8.34. The van der Waals surface area contributed by atoms with Gasteiger partial charge < -0.3 is 4.90 Å². The summed E-state index contributed by atoms with van der Waals surface area (Å²) in [6, 6.07) is 4.65. The van der Waals surface area contributed by atoms with E-state index in [1.54, 1.807) is 0 Å². The van der Waals surface area contributed by atoms with Gasteiger partial charge in [-0.1, -0.05) is 39.2 Å². The Kier molecular flexibility index (Phi) is 5.88. The monoisotopic (exact) mass is 329 g/mol. The van der Waals surface area contributed by atoms with Crippen molar-refractivity contribution in [3.8, 4) is 0 Å². The first-order chi connectivity index (χ1) is 11.6. The van der Waals surface area contributed by atoms with Crippen molar-refractivity contribution >= 4 is 5.91 Å². The number of rotatable bonds is 6. The van der Waals surface area contributed by atoms with E-state index >= 15 is 0 Å². The van der Waals surface area contributed by atoms with Crippen LogP contribution in [0.2, 0.25) is 0 Å². The van der Waals surface area contributed by atoms with Crippen LogP contribution < -0.4 is 0 Å². The lowest BCUT2D eigenvalue weighted by Gasteiger charge is -2.47. The molecule has 0 atom stereocenters. The molecule has 3 rings (SSSR count). The van der Waals surface area contributed by atoms with E-state index in [1.807, 2.05) is 18.5 Å². The molecule has 0 N–H and O–H groups in total. The summed E-state index contributed by atoms with van der Waals surface area (Å²) in [5.41, 5.74) is 1.26. The predicted molar refractivity (Wildman–Crippen MR) is 96.4 cm³/mol. The molecule has 132 valence electrons. The maximum atomic E-state index is 12.6. The van der Waals surface area contributed by atoms with Crippen LogP contribution in [-0.4, -0.2) is 46.4 Å². The van der Waals surface area contributed by atoms with Crippen LogP contribution in [0.4, 0.5) is 0 Å². The zero-order chi connectivity index (χ0) is 16.9. The fraction of sp³-hybridized carbons (Fsp3) is 0.700. The highest BCUT2D eigenvalue weighted by Crippen LogP contribution is 2.28. The fourth-order valence-electron chi connectivity index (χ4n) is 4.01.